The molecule has 0 radical (unpaired) electrons. The molecule has 0 aliphatic rings. The molecule has 1 aromatic carbocycles. The lowest BCUT2D eigenvalue weighted by molar-refractivity contribution is 1.11. The molecule has 0 amide bonds. The fourth-order valence-corrected chi connectivity index (χ4v) is 3.46. The quantitative estimate of drug-likeness (QED) is 0.742. The highest BCUT2D eigenvalue weighted by atomic mass is 32.1. The standard InChI is InChI=1S/C15H15N3S2/c1-9-4-12(16)10(2)3-11(9)5-15-18-14(7-20-15)13-6-19-8-17-13/h3-4,6-8H,5,16H2,1-2H3. The molecule has 0 atom stereocenters. The molecular weight excluding hydrogens is 286 g/mol. The van der Waals surface area contributed by atoms with Crippen molar-refractivity contribution in [1.29, 1.82) is 0 Å². The molecule has 3 nitrogen and oxygen atoms in total. The Morgan fingerprint density at radius 2 is 1.95 bits per heavy atom. The zero-order valence-corrected chi connectivity index (χ0v) is 13.0. The van der Waals surface area contributed by atoms with Crippen molar-refractivity contribution in [3.05, 3.63) is 50.1 Å². The first kappa shape index (κ1) is 13.3. The van der Waals surface area contributed by atoms with Crippen LogP contribution < -0.4 is 5.73 Å². The predicted octanol–water partition coefficient (Wildman–Crippen LogP) is 4.06. The van der Waals surface area contributed by atoms with Crippen LogP contribution in [0.2, 0.25) is 0 Å². The van der Waals surface area contributed by atoms with Gasteiger partial charge in [0.25, 0.3) is 0 Å². The molecule has 102 valence electrons. The van der Waals surface area contributed by atoms with E-state index in [1.165, 1.54) is 11.1 Å². The van der Waals surface area contributed by atoms with E-state index in [2.05, 4.69) is 28.3 Å². The van der Waals surface area contributed by atoms with E-state index < -0.39 is 0 Å². The molecule has 20 heavy (non-hydrogen) atoms. The number of aryl methyl sites for hydroxylation is 2. The number of benzene rings is 1. The van der Waals surface area contributed by atoms with E-state index >= 15 is 0 Å². The summed E-state index contributed by atoms with van der Waals surface area (Å²) < 4.78 is 0. The minimum Gasteiger partial charge on any atom is -0.399 e. The first-order chi connectivity index (χ1) is 9.63. The highest BCUT2D eigenvalue weighted by Crippen LogP contribution is 2.25. The van der Waals surface area contributed by atoms with Crippen LogP contribution >= 0.6 is 22.7 Å². The van der Waals surface area contributed by atoms with Gasteiger partial charge in [0.1, 0.15) is 11.4 Å². The lowest BCUT2D eigenvalue weighted by Gasteiger charge is -2.08. The van der Waals surface area contributed by atoms with Crippen LogP contribution in [0.4, 0.5) is 5.69 Å². The summed E-state index contributed by atoms with van der Waals surface area (Å²) in [5, 5.41) is 5.21. The average Bonchev–Trinajstić information content (AvgIpc) is 3.06. The molecule has 0 bridgehead atoms. The molecule has 2 aromatic heterocycles. The molecule has 5 heteroatoms. The molecule has 0 saturated heterocycles. The Bertz CT molecular complexity index is 730. The van der Waals surface area contributed by atoms with Crippen molar-refractivity contribution in [3.63, 3.8) is 0 Å². The fourth-order valence-electron chi connectivity index (χ4n) is 2.10. The number of aromatic nitrogens is 2. The van der Waals surface area contributed by atoms with Gasteiger partial charge in [-0.2, -0.15) is 0 Å². The number of anilines is 1. The second kappa shape index (κ2) is 5.34. The van der Waals surface area contributed by atoms with Gasteiger partial charge in [0.05, 0.1) is 10.5 Å². The largest absolute Gasteiger partial charge is 0.399 e. The second-order valence-electron chi connectivity index (χ2n) is 4.81. The van der Waals surface area contributed by atoms with Gasteiger partial charge in [-0.3, -0.25) is 0 Å². The van der Waals surface area contributed by atoms with Crippen LogP contribution in [0.15, 0.2) is 28.4 Å². The Morgan fingerprint density at radius 1 is 1.10 bits per heavy atom. The van der Waals surface area contributed by atoms with Gasteiger partial charge in [-0.1, -0.05) is 6.07 Å². The van der Waals surface area contributed by atoms with E-state index in [4.69, 9.17) is 5.73 Å². The second-order valence-corrected chi connectivity index (χ2v) is 6.47. The Morgan fingerprint density at radius 3 is 2.70 bits per heavy atom. The number of rotatable bonds is 3. The zero-order valence-electron chi connectivity index (χ0n) is 11.4. The van der Waals surface area contributed by atoms with E-state index in [1.807, 2.05) is 23.9 Å². The van der Waals surface area contributed by atoms with Crippen molar-refractivity contribution in [1.82, 2.24) is 9.97 Å². The number of hydrogen-bond acceptors (Lipinski definition) is 5. The smallest absolute Gasteiger partial charge is 0.101 e. The lowest BCUT2D eigenvalue weighted by atomic mass is 10.0. The summed E-state index contributed by atoms with van der Waals surface area (Å²) in [6.07, 6.45) is 0.849. The molecule has 2 N–H and O–H groups in total. The Labute approximate surface area is 126 Å². The average molecular weight is 301 g/mol. The molecule has 0 aliphatic carbocycles. The summed E-state index contributed by atoms with van der Waals surface area (Å²) in [4.78, 5) is 8.97. The van der Waals surface area contributed by atoms with Crippen molar-refractivity contribution in [3.8, 4) is 11.4 Å². The topological polar surface area (TPSA) is 51.8 Å². The molecule has 3 rings (SSSR count). The first-order valence-corrected chi connectivity index (χ1v) is 8.14. The van der Waals surface area contributed by atoms with Crippen molar-refractivity contribution in [2.24, 2.45) is 0 Å². The number of thiazole rings is 2. The molecule has 3 aromatic rings. The molecule has 0 unspecified atom stereocenters. The van der Waals surface area contributed by atoms with Crippen molar-refractivity contribution < 1.29 is 0 Å². The summed E-state index contributed by atoms with van der Waals surface area (Å²) in [5.41, 5.74) is 14.2. The summed E-state index contributed by atoms with van der Waals surface area (Å²) in [5.74, 6) is 0. The van der Waals surface area contributed by atoms with Crippen LogP contribution in [0.1, 0.15) is 21.7 Å². The van der Waals surface area contributed by atoms with Crippen LogP contribution in [-0.2, 0) is 6.42 Å². The van der Waals surface area contributed by atoms with E-state index in [9.17, 15) is 0 Å². The summed E-state index contributed by atoms with van der Waals surface area (Å²) in [6.45, 7) is 4.14. The third-order valence-electron chi connectivity index (χ3n) is 3.31. The number of nitrogen functional groups attached to an aromatic ring is 1. The van der Waals surface area contributed by atoms with Crippen LogP contribution in [0.3, 0.4) is 0 Å². The minimum atomic E-state index is 0.849. The molecule has 2 heterocycles. The number of hydrogen-bond donors (Lipinski definition) is 1. The SMILES string of the molecule is Cc1cc(Cc2nc(-c3cscn3)cs2)c(C)cc1N. The summed E-state index contributed by atoms with van der Waals surface area (Å²) >= 11 is 3.28. The third kappa shape index (κ3) is 2.59. The van der Waals surface area contributed by atoms with Crippen molar-refractivity contribution in [2.75, 3.05) is 5.73 Å². The summed E-state index contributed by atoms with van der Waals surface area (Å²) in [7, 11) is 0. The van der Waals surface area contributed by atoms with Crippen LogP contribution in [0.25, 0.3) is 11.4 Å². The van der Waals surface area contributed by atoms with E-state index in [0.717, 1.165) is 34.1 Å². The highest BCUT2D eigenvalue weighted by molar-refractivity contribution is 7.10. The highest BCUT2D eigenvalue weighted by Gasteiger charge is 2.09. The van der Waals surface area contributed by atoms with Gasteiger partial charge < -0.3 is 5.73 Å². The number of nitrogens with zero attached hydrogens (tertiary/aromatic N) is 2. The van der Waals surface area contributed by atoms with Crippen molar-refractivity contribution >= 4 is 28.4 Å². The zero-order chi connectivity index (χ0) is 14.1. The maximum absolute atomic E-state index is 5.93. The van der Waals surface area contributed by atoms with Crippen LogP contribution in [-0.4, -0.2) is 9.97 Å². The van der Waals surface area contributed by atoms with Gasteiger partial charge in [0, 0.05) is 22.9 Å². The van der Waals surface area contributed by atoms with Crippen LogP contribution in [0, 0.1) is 13.8 Å². The van der Waals surface area contributed by atoms with E-state index in [0.29, 0.717) is 0 Å². The first-order valence-electron chi connectivity index (χ1n) is 6.32. The van der Waals surface area contributed by atoms with Gasteiger partial charge in [-0.05, 0) is 36.6 Å². The molecule has 0 saturated carbocycles. The van der Waals surface area contributed by atoms with Crippen molar-refractivity contribution in [2.45, 2.75) is 20.3 Å². The molecule has 0 aliphatic heterocycles. The summed E-state index contributed by atoms with van der Waals surface area (Å²) in [6, 6.07) is 4.20. The van der Waals surface area contributed by atoms with E-state index in [-0.39, 0.29) is 0 Å². The van der Waals surface area contributed by atoms with Crippen LogP contribution in [0.5, 0.6) is 0 Å². The Hall–Kier alpha value is -1.72. The molecular formula is C15H15N3S2. The minimum absolute atomic E-state index is 0.849. The van der Waals surface area contributed by atoms with E-state index in [1.54, 1.807) is 22.7 Å². The van der Waals surface area contributed by atoms with Gasteiger partial charge in [0.15, 0.2) is 0 Å². The Balaban J connectivity index is 1.87. The van der Waals surface area contributed by atoms with Gasteiger partial charge >= 0.3 is 0 Å². The Kier molecular flexibility index (Phi) is 3.54. The number of nitrogens with two attached hydrogens (primary N) is 1. The normalized spacial score (nSPS) is 10.9. The monoisotopic (exact) mass is 301 g/mol. The van der Waals surface area contributed by atoms with Gasteiger partial charge in [-0.25, -0.2) is 9.97 Å². The molecule has 0 fully saturated rings. The fraction of sp³-hybridized carbons (Fsp3) is 0.200. The van der Waals surface area contributed by atoms with Gasteiger partial charge in [-0.15, -0.1) is 22.7 Å². The lowest BCUT2D eigenvalue weighted by Crippen LogP contribution is -1.97. The predicted molar refractivity (Wildman–Crippen MR) is 86.4 cm³/mol. The maximum Gasteiger partial charge on any atom is 0.101 e. The maximum atomic E-state index is 5.93. The molecule has 0 spiro atoms. The third-order valence-corrected chi connectivity index (χ3v) is 4.75. The van der Waals surface area contributed by atoms with Gasteiger partial charge in [0.2, 0.25) is 0 Å².